The van der Waals surface area contributed by atoms with Crippen LogP contribution in [0.1, 0.15) is 12.5 Å². The van der Waals surface area contributed by atoms with Gasteiger partial charge in [0.25, 0.3) is 5.91 Å². The van der Waals surface area contributed by atoms with Crippen LogP contribution < -0.4 is 11.1 Å². The Morgan fingerprint density at radius 1 is 1.31 bits per heavy atom. The zero-order chi connectivity index (χ0) is 23.6. The summed E-state index contributed by atoms with van der Waals surface area (Å²) in [4.78, 5) is 25.7. The van der Waals surface area contributed by atoms with Crippen LogP contribution in [0.4, 0.5) is 4.39 Å². The molecule has 8 nitrogen and oxygen atoms in total. The lowest BCUT2D eigenvalue weighted by molar-refractivity contribution is -0.139. The number of likely N-dealkylation sites (N-methyl/N-ethyl adjacent to an activating group) is 1. The molecule has 1 amide bonds. The molecule has 0 aliphatic heterocycles. The second-order valence-electron chi connectivity index (χ2n) is 8.29. The number of aromatic nitrogens is 1. The number of carbonyl (C=O) groups excluding carboxylic acids is 1. The van der Waals surface area contributed by atoms with Gasteiger partial charge in [0.2, 0.25) is 0 Å². The fourth-order valence-electron chi connectivity index (χ4n) is 3.55. The van der Waals surface area contributed by atoms with Crippen molar-refractivity contribution in [2.75, 3.05) is 20.6 Å². The number of nitriles is 1. The highest BCUT2D eigenvalue weighted by Crippen LogP contribution is 2.26. The number of nitrogens with zero attached hydrogens (tertiary/aromatic N) is 3. The number of hydrogen-bond donors (Lipinski definition) is 2. The lowest BCUT2D eigenvalue weighted by Gasteiger charge is -2.27. The minimum atomic E-state index is -1.69. The maximum atomic E-state index is 14.8. The number of aryl methyl sites for hydroxylation is 1. The van der Waals surface area contributed by atoms with Crippen LogP contribution in [-0.4, -0.2) is 52.8 Å². The standard InChI is InChI=1S/C23H25FN4O4/c1-23(31,13-27(2)3)21(29)26-17(12-25)9-16-6-5-14(10-18(16)24)15-7-8-20-19(11-15)28(4)22(30)32-20/h5-8,10-11,17,31H,9,13H2,1-4H3,(H,26,29)/t17-,23-/m0/s1. The van der Waals surface area contributed by atoms with Crippen molar-refractivity contribution in [1.82, 2.24) is 14.8 Å². The lowest BCUT2D eigenvalue weighted by atomic mass is 9.99. The normalized spacial score (nSPS) is 14.2. The quantitative estimate of drug-likeness (QED) is 0.580. The second-order valence-corrected chi connectivity index (χ2v) is 8.29. The van der Waals surface area contributed by atoms with Crippen molar-refractivity contribution in [2.24, 2.45) is 7.05 Å². The number of benzene rings is 2. The monoisotopic (exact) mass is 440 g/mol. The molecule has 0 saturated heterocycles. The Kier molecular flexibility index (Phi) is 6.48. The number of carbonyl (C=O) groups is 1. The molecular formula is C23H25FN4O4. The van der Waals surface area contributed by atoms with Gasteiger partial charge in [-0.25, -0.2) is 9.18 Å². The second kappa shape index (κ2) is 8.94. The fourth-order valence-corrected chi connectivity index (χ4v) is 3.55. The molecule has 0 spiro atoms. The van der Waals surface area contributed by atoms with Crippen molar-refractivity contribution in [1.29, 1.82) is 5.26 Å². The first kappa shape index (κ1) is 23.2. The molecule has 0 radical (unpaired) electrons. The molecule has 0 unspecified atom stereocenters. The Morgan fingerprint density at radius 2 is 1.97 bits per heavy atom. The summed E-state index contributed by atoms with van der Waals surface area (Å²) in [5.74, 6) is -1.71. The van der Waals surface area contributed by atoms with Crippen molar-refractivity contribution in [2.45, 2.75) is 25.0 Å². The zero-order valence-electron chi connectivity index (χ0n) is 18.3. The summed E-state index contributed by atoms with van der Waals surface area (Å²) in [5, 5.41) is 22.2. The molecule has 0 saturated carbocycles. The van der Waals surface area contributed by atoms with E-state index in [-0.39, 0.29) is 18.5 Å². The molecule has 9 heteroatoms. The number of nitrogens with one attached hydrogen (secondary N) is 1. The third kappa shape index (κ3) is 4.88. The van der Waals surface area contributed by atoms with Gasteiger partial charge in [-0.05, 0) is 55.9 Å². The van der Waals surface area contributed by atoms with E-state index in [0.717, 1.165) is 0 Å². The van der Waals surface area contributed by atoms with E-state index in [1.54, 1.807) is 56.4 Å². The van der Waals surface area contributed by atoms with Crippen LogP contribution in [-0.2, 0) is 18.3 Å². The zero-order valence-corrected chi connectivity index (χ0v) is 18.3. The van der Waals surface area contributed by atoms with Gasteiger partial charge in [-0.3, -0.25) is 9.36 Å². The molecule has 3 aromatic rings. The summed E-state index contributed by atoms with van der Waals surface area (Å²) in [6.45, 7) is 1.44. The van der Waals surface area contributed by atoms with Crippen LogP contribution in [0.15, 0.2) is 45.6 Å². The number of hydrogen-bond acceptors (Lipinski definition) is 6. The summed E-state index contributed by atoms with van der Waals surface area (Å²) in [5.41, 5.74) is 0.888. The van der Waals surface area contributed by atoms with E-state index in [9.17, 15) is 24.3 Å². The fraction of sp³-hybridized carbons (Fsp3) is 0.348. The molecule has 3 rings (SSSR count). The van der Waals surface area contributed by atoms with E-state index in [4.69, 9.17) is 4.42 Å². The highest BCUT2D eigenvalue weighted by Gasteiger charge is 2.32. The number of oxazole rings is 1. The van der Waals surface area contributed by atoms with Crippen molar-refractivity contribution in [3.8, 4) is 17.2 Å². The number of amides is 1. The number of rotatable bonds is 7. The Labute approximate surface area is 184 Å². The molecule has 0 aliphatic carbocycles. The van der Waals surface area contributed by atoms with E-state index in [1.807, 2.05) is 6.07 Å². The maximum Gasteiger partial charge on any atom is 0.419 e. The molecule has 2 aromatic carbocycles. The van der Waals surface area contributed by atoms with Gasteiger partial charge < -0.3 is 19.7 Å². The van der Waals surface area contributed by atoms with Gasteiger partial charge >= 0.3 is 5.76 Å². The highest BCUT2D eigenvalue weighted by atomic mass is 19.1. The molecule has 1 aromatic heterocycles. The van der Waals surface area contributed by atoms with Crippen molar-refractivity contribution < 1.29 is 18.7 Å². The molecular weight excluding hydrogens is 415 g/mol. The average molecular weight is 440 g/mol. The molecule has 2 atom stereocenters. The van der Waals surface area contributed by atoms with Crippen LogP contribution in [0.3, 0.4) is 0 Å². The van der Waals surface area contributed by atoms with Gasteiger partial charge in [0.15, 0.2) is 11.2 Å². The Balaban J connectivity index is 1.79. The first-order valence-corrected chi connectivity index (χ1v) is 9.98. The molecule has 1 heterocycles. The molecule has 0 bridgehead atoms. The minimum absolute atomic E-state index is 0.0539. The first-order chi connectivity index (χ1) is 15.0. The third-order valence-corrected chi connectivity index (χ3v) is 5.18. The van der Waals surface area contributed by atoms with Gasteiger partial charge in [-0.2, -0.15) is 5.26 Å². The topological polar surface area (TPSA) is 112 Å². The molecule has 0 aliphatic rings. The van der Waals surface area contributed by atoms with Gasteiger partial charge in [0.1, 0.15) is 11.9 Å². The summed E-state index contributed by atoms with van der Waals surface area (Å²) in [6, 6.07) is 10.6. The smallest absolute Gasteiger partial charge is 0.408 e. The largest absolute Gasteiger partial charge is 0.419 e. The van der Waals surface area contributed by atoms with Crippen molar-refractivity contribution in [3.63, 3.8) is 0 Å². The van der Waals surface area contributed by atoms with Crippen molar-refractivity contribution >= 4 is 17.0 Å². The number of halogens is 1. The number of fused-ring (bicyclic) bond motifs is 1. The average Bonchev–Trinajstić information content (AvgIpc) is 3.01. The maximum absolute atomic E-state index is 14.8. The molecule has 0 fully saturated rings. The van der Waals surface area contributed by atoms with E-state index >= 15 is 0 Å². The van der Waals surface area contributed by atoms with Gasteiger partial charge in [-0.1, -0.05) is 18.2 Å². The van der Waals surface area contributed by atoms with Crippen molar-refractivity contribution in [3.05, 3.63) is 58.3 Å². The van der Waals surface area contributed by atoms with Gasteiger partial charge in [-0.15, -0.1) is 0 Å². The first-order valence-electron chi connectivity index (χ1n) is 9.98. The van der Waals surface area contributed by atoms with Gasteiger partial charge in [0.05, 0.1) is 11.6 Å². The van der Waals surface area contributed by atoms with Gasteiger partial charge in [0, 0.05) is 20.0 Å². The van der Waals surface area contributed by atoms with E-state index in [0.29, 0.717) is 22.2 Å². The Hall–Kier alpha value is -3.48. The van der Waals surface area contributed by atoms with Crippen LogP contribution in [0.5, 0.6) is 0 Å². The van der Waals surface area contributed by atoms with Crippen LogP contribution in [0.25, 0.3) is 22.2 Å². The van der Waals surface area contributed by atoms with Crippen LogP contribution in [0.2, 0.25) is 0 Å². The molecule has 168 valence electrons. The predicted octanol–water partition coefficient (Wildman–Crippen LogP) is 1.80. The van der Waals surface area contributed by atoms with E-state index in [1.165, 1.54) is 17.6 Å². The van der Waals surface area contributed by atoms with E-state index < -0.39 is 29.1 Å². The highest BCUT2D eigenvalue weighted by molar-refractivity contribution is 5.85. The predicted molar refractivity (Wildman–Crippen MR) is 117 cm³/mol. The summed E-state index contributed by atoms with van der Waals surface area (Å²) in [6.07, 6.45) is -0.0539. The van der Waals surface area contributed by atoms with Crippen LogP contribution >= 0.6 is 0 Å². The lowest BCUT2D eigenvalue weighted by Crippen LogP contribution is -2.53. The molecule has 32 heavy (non-hydrogen) atoms. The van der Waals surface area contributed by atoms with Crippen LogP contribution in [0, 0.1) is 17.1 Å². The SMILES string of the molecule is CN(C)C[C@](C)(O)C(=O)N[C@H](C#N)Cc1ccc(-c2ccc3oc(=O)n(C)c3c2)cc1F. The Morgan fingerprint density at radius 3 is 2.59 bits per heavy atom. The summed E-state index contributed by atoms with van der Waals surface area (Å²) in [7, 11) is 5.02. The summed E-state index contributed by atoms with van der Waals surface area (Å²) >= 11 is 0. The van der Waals surface area contributed by atoms with E-state index in [2.05, 4.69) is 5.32 Å². The molecule has 2 N–H and O–H groups in total. The third-order valence-electron chi connectivity index (χ3n) is 5.18. The number of aliphatic hydroxyl groups is 1. The Bertz CT molecular complexity index is 1250. The minimum Gasteiger partial charge on any atom is -0.408 e. The summed E-state index contributed by atoms with van der Waals surface area (Å²) < 4.78 is 21.3.